The summed E-state index contributed by atoms with van der Waals surface area (Å²) in [5, 5.41) is 7.15. The number of rotatable bonds is 3. The summed E-state index contributed by atoms with van der Waals surface area (Å²) in [5.41, 5.74) is 1.74. The molecule has 5 nitrogen and oxygen atoms in total. The number of anilines is 1. The number of carbonyl (C=O) groups excluding carboxylic acids is 2. The number of benzene rings is 1. The molecule has 98 valence electrons. The monoisotopic (exact) mass is 275 g/mol. The Hall–Kier alpha value is -2.21. The van der Waals surface area contributed by atoms with Crippen LogP contribution in [0.5, 0.6) is 0 Å². The third kappa shape index (κ3) is 3.38. The van der Waals surface area contributed by atoms with Gasteiger partial charge in [-0.15, -0.1) is 11.3 Å². The number of amides is 2. The lowest BCUT2D eigenvalue weighted by atomic mass is 10.2. The van der Waals surface area contributed by atoms with Gasteiger partial charge in [-0.2, -0.15) is 0 Å². The Bertz CT molecular complexity index is 581. The van der Waals surface area contributed by atoms with Crippen molar-refractivity contribution in [3.63, 3.8) is 0 Å². The molecular weight excluding hydrogens is 262 g/mol. The molecule has 19 heavy (non-hydrogen) atoms. The van der Waals surface area contributed by atoms with Gasteiger partial charge >= 0.3 is 11.8 Å². The van der Waals surface area contributed by atoms with Gasteiger partial charge in [-0.05, 0) is 6.92 Å². The first-order chi connectivity index (χ1) is 9.20. The lowest BCUT2D eigenvalue weighted by Crippen LogP contribution is -2.35. The highest BCUT2D eigenvalue weighted by Gasteiger charge is 2.14. The van der Waals surface area contributed by atoms with Crippen LogP contribution in [0.25, 0.3) is 11.3 Å². The van der Waals surface area contributed by atoms with Gasteiger partial charge in [0, 0.05) is 17.5 Å². The van der Waals surface area contributed by atoms with Crippen LogP contribution in [-0.4, -0.2) is 23.3 Å². The van der Waals surface area contributed by atoms with Gasteiger partial charge < -0.3 is 5.32 Å². The largest absolute Gasteiger partial charge is 0.348 e. The summed E-state index contributed by atoms with van der Waals surface area (Å²) in [6, 6.07) is 9.63. The van der Waals surface area contributed by atoms with Gasteiger partial charge in [-0.25, -0.2) is 4.98 Å². The third-order valence-corrected chi connectivity index (χ3v) is 3.10. The Balaban J connectivity index is 2.06. The molecule has 0 atom stereocenters. The molecule has 2 rings (SSSR count). The molecule has 0 fully saturated rings. The smallest absolute Gasteiger partial charge is 0.315 e. The predicted molar refractivity (Wildman–Crippen MR) is 74.9 cm³/mol. The second-order valence-corrected chi connectivity index (χ2v) is 4.58. The molecule has 0 radical (unpaired) electrons. The van der Waals surface area contributed by atoms with Crippen LogP contribution in [0, 0.1) is 0 Å². The summed E-state index contributed by atoms with van der Waals surface area (Å²) >= 11 is 1.29. The highest BCUT2D eigenvalue weighted by atomic mass is 32.1. The van der Waals surface area contributed by atoms with Crippen LogP contribution in [0.2, 0.25) is 0 Å². The van der Waals surface area contributed by atoms with Crippen LogP contribution in [-0.2, 0) is 9.59 Å². The van der Waals surface area contributed by atoms with Crippen molar-refractivity contribution in [3.05, 3.63) is 35.7 Å². The molecule has 0 aliphatic heterocycles. The number of thiazole rings is 1. The molecule has 2 N–H and O–H groups in total. The van der Waals surface area contributed by atoms with E-state index in [1.54, 1.807) is 6.92 Å². The fourth-order valence-corrected chi connectivity index (χ4v) is 2.18. The van der Waals surface area contributed by atoms with Crippen molar-refractivity contribution in [1.29, 1.82) is 0 Å². The number of nitrogens with one attached hydrogen (secondary N) is 2. The first kappa shape index (κ1) is 13.2. The maximum atomic E-state index is 11.5. The zero-order valence-electron chi connectivity index (χ0n) is 10.3. The Morgan fingerprint density at radius 2 is 1.95 bits per heavy atom. The highest BCUT2D eigenvalue weighted by molar-refractivity contribution is 7.14. The molecule has 1 aromatic heterocycles. The number of nitrogens with zero attached hydrogens (tertiary/aromatic N) is 1. The molecule has 0 bridgehead atoms. The molecule has 1 aromatic carbocycles. The standard InChI is InChI=1S/C13H13N3O2S/c1-2-14-11(17)12(18)16-13-15-10(8-19-13)9-6-4-3-5-7-9/h3-8H,2H2,1H3,(H,14,17)(H,15,16,18). The maximum Gasteiger partial charge on any atom is 0.315 e. The third-order valence-electron chi connectivity index (χ3n) is 2.34. The Labute approximate surface area is 114 Å². The van der Waals surface area contributed by atoms with Crippen molar-refractivity contribution in [1.82, 2.24) is 10.3 Å². The van der Waals surface area contributed by atoms with Crippen molar-refractivity contribution in [2.45, 2.75) is 6.92 Å². The van der Waals surface area contributed by atoms with Gasteiger partial charge in [0.1, 0.15) is 0 Å². The van der Waals surface area contributed by atoms with Gasteiger partial charge in [0.15, 0.2) is 5.13 Å². The molecule has 0 aliphatic rings. The predicted octanol–water partition coefficient (Wildman–Crippen LogP) is 1.88. The zero-order chi connectivity index (χ0) is 13.7. The quantitative estimate of drug-likeness (QED) is 0.840. The number of likely N-dealkylation sites (N-methyl/N-ethyl adjacent to an activating group) is 1. The number of hydrogen-bond donors (Lipinski definition) is 2. The SMILES string of the molecule is CCNC(=O)C(=O)Nc1nc(-c2ccccc2)cs1. The van der Waals surface area contributed by atoms with E-state index in [0.717, 1.165) is 11.3 Å². The van der Waals surface area contributed by atoms with Gasteiger partial charge in [0.25, 0.3) is 0 Å². The van der Waals surface area contributed by atoms with Gasteiger partial charge in [0.2, 0.25) is 0 Å². The van der Waals surface area contributed by atoms with E-state index in [1.807, 2.05) is 35.7 Å². The molecular formula is C13H13N3O2S. The Morgan fingerprint density at radius 1 is 1.21 bits per heavy atom. The summed E-state index contributed by atoms with van der Waals surface area (Å²) in [6.45, 7) is 2.17. The lowest BCUT2D eigenvalue weighted by molar-refractivity contribution is -0.136. The van der Waals surface area contributed by atoms with Crippen molar-refractivity contribution in [2.75, 3.05) is 11.9 Å². The molecule has 0 saturated heterocycles. The van der Waals surface area contributed by atoms with Crippen molar-refractivity contribution in [2.24, 2.45) is 0 Å². The second kappa shape index (κ2) is 6.10. The van der Waals surface area contributed by atoms with Crippen molar-refractivity contribution >= 4 is 28.3 Å². The maximum absolute atomic E-state index is 11.5. The number of carbonyl (C=O) groups is 2. The summed E-state index contributed by atoms with van der Waals surface area (Å²) in [4.78, 5) is 27.0. The Kier molecular flexibility index (Phi) is 4.25. The molecule has 2 amide bonds. The summed E-state index contributed by atoms with van der Waals surface area (Å²) < 4.78 is 0. The van der Waals surface area contributed by atoms with Gasteiger partial charge in [0.05, 0.1) is 5.69 Å². The summed E-state index contributed by atoms with van der Waals surface area (Å²) in [5.74, 6) is -1.35. The molecule has 6 heteroatoms. The summed E-state index contributed by atoms with van der Waals surface area (Å²) in [7, 11) is 0. The molecule has 2 aromatic rings. The molecule has 0 saturated carbocycles. The average molecular weight is 275 g/mol. The van der Waals surface area contributed by atoms with E-state index in [4.69, 9.17) is 0 Å². The van der Waals surface area contributed by atoms with Crippen molar-refractivity contribution in [3.8, 4) is 11.3 Å². The van der Waals surface area contributed by atoms with E-state index in [9.17, 15) is 9.59 Å². The second-order valence-electron chi connectivity index (χ2n) is 3.72. The number of hydrogen-bond acceptors (Lipinski definition) is 4. The minimum atomic E-state index is -0.698. The minimum Gasteiger partial charge on any atom is -0.348 e. The Morgan fingerprint density at radius 3 is 2.63 bits per heavy atom. The average Bonchev–Trinajstić information content (AvgIpc) is 2.88. The molecule has 0 spiro atoms. The van der Waals surface area contributed by atoms with Crippen LogP contribution < -0.4 is 10.6 Å². The molecule has 0 unspecified atom stereocenters. The summed E-state index contributed by atoms with van der Waals surface area (Å²) in [6.07, 6.45) is 0. The van der Waals surface area contributed by atoms with E-state index in [2.05, 4.69) is 15.6 Å². The van der Waals surface area contributed by atoms with Crippen molar-refractivity contribution < 1.29 is 9.59 Å². The van der Waals surface area contributed by atoms with Crippen LogP contribution >= 0.6 is 11.3 Å². The van der Waals surface area contributed by atoms with E-state index in [0.29, 0.717) is 11.7 Å². The first-order valence-electron chi connectivity index (χ1n) is 5.81. The van der Waals surface area contributed by atoms with Gasteiger partial charge in [-0.1, -0.05) is 30.3 Å². The minimum absolute atomic E-state index is 0.412. The van der Waals surface area contributed by atoms with Gasteiger partial charge in [-0.3, -0.25) is 14.9 Å². The molecule has 0 aliphatic carbocycles. The lowest BCUT2D eigenvalue weighted by Gasteiger charge is -2.01. The topological polar surface area (TPSA) is 71.1 Å². The van der Waals surface area contributed by atoms with E-state index >= 15 is 0 Å². The number of aromatic nitrogens is 1. The normalized spacial score (nSPS) is 9.95. The van der Waals surface area contributed by atoms with Crippen LogP contribution in [0.1, 0.15) is 6.92 Å². The fraction of sp³-hybridized carbons (Fsp3) is 0.154. The van der Waals surface area contributed by atoms with E-state index in [1.165, 1.54) is 11.3 Å². The van der Waals surface area contributed by atoms with Crippen LogP contribution in [0.3, 0.4) is 0 Å². The van der Waals surface area contributed by atoms with Crippen LogP contribution in [0.15, 0.2) is 35.7 Å². The van der Waals surface area contributed by atoms with Crippen LogP contribution in [0.4, 0.5) is 5.13 Å². The highest BCUT2D eigenvalue weighted by Crippen LogP contribution is 2.24. The molecule has 1 heterocycles. The fourth-order valence-electron chi connectivity index (χ4n) is 1.47. The first-order valence-corrected chi connectivity index (χ1v) is 6.68. The zero-order valence-corrected chi connectivity index (χ0v) is 11.2. The van der Waals surface area contributed by atoms with E-state index in [-0.39, 0.29) is 0 Å². The van der Waals surface area contributed by atoms with E-state index < -0.39 is 11.8 Å².